The number of anilines is 1. The molecule has 0 aliphatic carbocycles. The molecule has 8 nitrogen and oxygen atoms in total. The third kappa shape index (κ3) is 3.53. The molecule has 0 aromatic carbocycles. The minimum Gasteiger partial charge on any atom is -0.308 e. The lowest BCUT2D eigenvalue weighted by molar-refractivity contribution is 0.581. The molecule has 9 heteroatoms. The minimum atomic E-state index is -3.56. The zero-order valence-corrected chi connectivity index (χ0v) is 11.8. The van der Waals surface area contributed by atoms with E-state index in [-0.39, 0.29) is 4.90 Å². The number of nitrogens with zero attached hydrogens (tertiary/aromatic N) is 3. The number of nitrogens with one attached hydrogen (secondary N) is 2. The molecule has 20 heavy (non-hydrogen) atoms. The van der Waals surface area contributed by atoms with Crippen molar-refractivity contribution in [2.75, 3.05) is 12.0 Å². The second kappa shape index (κ2) is 5.99. The number of aromatic nitrogens is 3. The Morgan fingerprint density at radius 2 is 2.15 bits per heavy atom. The third-order valence-electron chi connectivity index (χ3n) is 2.66. The molecule has 0 unspecified atom stereocenters. The first-order chi connectivity index (χ1) is 9.51. The Kier molecular flexibility index (Phi) is 4.32. The van der Waals surface area contributed by atoms with Crippen LogP contribution in [0.3, 0.4) is 0 Å². The van der Waals surface area contributed by atoms with Gasteiger partial charge in [-0.3, -0.25) is 4.68 Å². The van der Waals surface area contributed by atoms with Gasteiger partial charge < -0.3 is 5.43 Å². The maximum absolute atomic E-state index is 12.0. The van der Waals surface area contributed by atoms with Gasteiger partial charge in [0.2, 0.25) is 10.0 Å². The number of rotatable bonds is 6. The van der Waals surface area contributed by atoms with E-state index in [0.29, 0.717) is 18.8 Å². The van der Waals surface area contributed by atoms with Gasteiger partial charge in [0.25, 0.3) is 0 Å². The van der Waals surface area contributed by atoms with Gasteiger partial charge in [0, 0.05) is 26.0 Å². The summed E-state index contributed by atoms with van der Waals surface area (Å²) in [7, 11) is -1.75. The van der Waals surface area contributed by atoms with E-state index in [9.17, 15) is 8.42 Å². The van der Waals surface area contributed by atoms with Gasteiger partial charge in [-0.1, -0.05) is 0 Å². The highest BCUT2D eigenvalue weighted by Gasteiger charge is 2.13. The van der Waals surface area contributed by atoms with E-state index in [1.54, 1.807) is 10.9 Å². The molecule has 2 aromatic rings. The van der Waals surface area contributed by atoms with Crippen molar-refractivity contribution in [3.63, 3.8) is 0 Å². The van der Waals surface area contributed by atoms with E-state index < -0.39 is 10.0 Å². The molecule has 0 amide bonds. The van der Waals surface area contributed by atoms with Crippen molar-refractivity contribution in [3.8, 4) is 0 Å². The Hall–Kier alpha value is -1.97. The summed E-state index contributed by atoms with van der Waals surface area (Å²) in [5.74, 6) is 5.57. The van der Waals surface area contributed by atoms with Crippen molar-refractivity contribution in [2.24, 2.45) is 12.9 Å². The fraction of sp³-hybridized carbons (Fsp3) is 0.273. The molecule has 0 fully saturated rings. The highest BCUT2D eigenvalue weighted by Crippen LogP contribution is 2.09. The zero-order valence-electron chi connectivity index (χ0n) is 10.9. The largest absolute Gasteiger partial charge is 0.308 e. The lowest BCUT2D eigenvalue weighted by atomic mass is 10.3. The number of hydrogen-bond donors (Lipinski definition) is 3. The van der Waals surface area contributed by atoms with Crippen LogP contribution in [-0.4, -0.2) is 29.7 Å². The Labute approximate surface area is 117 Å². The topological polar surface area (TPSA) is 115 Å². The monoisotopic (exact) mass is 296 g/mol. The van der Waals surface area contributed by atoms with Crippen LogP contribution in [-0.2, 0) is 23.5 Å². The molecule has 2 heterocycles. The van der Waals surface area contributed by atoms with Crippen LogP contribution >= 0.6 is 0 Å². The Morgan fingerprint density at radius 1 is 1.35 bits per heavy atom. The molecule has 0 radical (unpaired) electrons. The Bertz CT molecular complexity index is 664. The van der Waals surface area contributed by atoms with Crippen LogP contribution < -0.4 is 16.0 Å². The van der Waals surface area contributed by atoms with Crippen molar-refractivity contribution in [1.29, 1.82) is 0 Å². The Morgan fingerprint density at radius 3 is 2.70 bits per heavy atom. The average molecular weight is 296 g/mol. The number of nitrogens with two attached hydrogens (primary N) is 1. The number of hydrazine groups is 1. The molecule has 0 atom stereocenters. The van der Waals surface area contributed by atoms with Crippen molar-refractivity contribution in [3.05, 3.63) is 36.3 Å². The highest BCUT2D eigenvalue weighted by atomic mass is 32.2. The van der Waals surface area contributed by atoms with E-state index in [1.807, 2.05) is 13.2 Å². The van der Waals surface area contributed by atoms with Gasteiger partial charge >= 0.3 is 0 Å². The molecule has 108 valence electrons. The summed E-state index contributed by atoms with van der Waals surface area (Å²) in [6.45, 7) is 0.297. The van der Waals surface area contributed by atoms with E-state index in [4.69, 9.17) is 5.84 Å². The summed E-state index contributed by atoms with van der Waals surface area (Å²) in [4.78, 5) is 3.96. The third-order valence-corrected chi connectivity index (χ3v) is 4.10. The normalized spacial score (nSPS) is 11.5. The number of aryl methyl sites for hydroxylation is 1. The molecule has 0 spiro atoms. The van der Waals surface area contributed by atoms with Crippen LogP contribution in [0.15, 0.2) is 35.6 Å². The summed E-state index contributed by atoms with van der Waals surface area (Å²) in [6, 6.07) is 2.93. The number of hydrogen-bond acceptors (Lipinski definition) is 6. The van der Waals surface area contributed by atoms with Crippen molar-refractivity contribution in [1.82, 2.24) is 19.5 Å². The smallest absolute Gasteiger partial charge is 0.242 e. The van der Waals surface area contributed by atoms with Gasteiger partial charge in [0.1, 0.15) is 10.7 Å². The maximum Gasteiger partial charge on any atom is 0.242 e. The Balaban J connectivity index is 1.96. The number of sulfonamides is 1. The molecule has 0 aliphatic heterocycles. The second-order valence-electron chi connectivity index (χ2n) is 4.19. The standard InChI is InChI=1S/C11H16N6O2S/c1-17-8-9(6-14-17)4-5-15-20(18,19)10-2-3-11(16-12)13-7-10/h2-3,6-8,15H,4-5,12H2,1H3,(H,13,16). The fourth-order valence-corrected chi connectivity index (χ4v) is 2.61. The quantitative estimate of drug-likeness (QED) is 0.494. The van der Waals surface area contributed by atoms with E-state index in [2.05, 4.69) is 20.2 Å². The lowest BCUT2D eigenvalue weighted by Crippen LogP contribution is -2.26. The van der Waals surface area contributed by atoms with Crippen LogP contribution in [0.25, 0.3) is 0 Å². The summed E-state index contributed by atoms with van der Waals surface area (Å²) < 4.78 is 28.2. The zero-order chi connectivity index (χ0) is 14.6. The first-order valence-electron chi connectivity index (χ1n) is 5.91. The maximum atomic E-state index is 12.0. The van der Waals surface area contributed by atoms with E-state index >= 15 is 0 Å². The van der Waals surface area contributed by atoms with Crippen LogP contribution in [0.5, 0.6) is 0 Å². The predicted molar refractivity (Wildman–Crippen MR) is 74.1 cm³/mol. The van der Waals surface area contributed by atoms with Crippen molar-refractivity contribution >= 4 is 15.8 Å². The minimum absolute atomic E-state index is 0.0997. The van der Waals surface area contributed by atoms with Gasteiger partial charge in [-0.2, -0.15) is 5.10 Å². The molecular formula is C11H16N6O2S. The highest BCUT2D eigenvalue weighted by molar-refractivity contribution is 7.89. The number of nitrogen functional groups attached to an aromatic ring is 1. The summed E-state index contributed by atoms with van der Waals surface area (Å²) in [6.07, 6.45) is 5.37. The summed E-state index contributed by atoms with van der Waals surface area (Å²) in [5.41, 5.74) is 3.31. The lowest BCUT2D eigenvalue weighted by Gasteiger charge is -2.06. The van der Waals surface area contributed by atoms with E-state index in [1.165, 1.54) is 18.3 Å². The van der Waals surface area contributed by atoms with Crippen molar-refractivity contribution in [2.45, 2.75) is 11.3 Å². The molecular weight excluding hydrogens is 280 g/mol. The summed E-state index contributed by atoms with van der Waals surface area (Å²) in [5, 5.41) is 4.02. The fourth-order valence-electron chi connectivity index (χ4n) is 1.64. The molecule has 0 saturated heterocycles. The van der Waals surface area contributed by atoms with Gasteiger partial charge in [-0.15, -0.1) is 0 Å². The summed E-state index contributed by atoms with van der Waals surface area (Å²) >= 11 is 0. The molecule has 4 N–H and O–H groups in total. The molecule has 0 bridgehead atoms. The molecule has 2 aromatic heterocycles. The second-order valence-corrected chi connectivity index (χ2v) is 5.96. The average Bonchev–Trinajstić information content (AvgIpc) is 2.84. The van der Waals surface area contributed by atoms with Crippen LogP contribution in [0.4, 0.5) is 5.82 Å². The SMILES string of the molecule is Cn1cc(CCNS(=O)(=O)c2ccc(NN)nc2)cn1. The van der Waals surface area contributed by atoms with Gasteiger partial charge in [0.05, 0.1) is 6.20 Å². The van der Waals surface area contributed by atoms with Crippen molar-refractivity contribution < 1.29 is 8.42 Å². The van der Waals surface area contributed by atoms with Crippen LogP contribution in [0.2, 0.25) is 0 Å². The van der Waals surface area contributed by atoms with Crippen LogP contribution in [0.1, 0.15) is 5.56 Å². The predicted octanol–water partition coefficient (Wildman–Crippen LogP) is -0.378. The number of pyridine rings is 1. The first kappa shape index (κ1) is 14.4. The van der Waals surface area contributed by atoms with Gasteiger partial charge in [-0.25, -0.2) is 24.0 Å². The van der Waals surface area contributed by atoms with Gasteiger partial charge in [0.15, 0.2) is 0 Å². The molecule has 2 rings (SSSR count). The molecule has 0 saturated carbocycles. The van der Waals surface area contributed by atoms with E-state index in [0.717, 1.165) is 5.56 Å². The first-order valence-corrected chi connectivity index (χ1v) is 7.39. The molecule has 0 aliphatic rings. The van der Waals surface area contributed by atoms with Crippen LogP contribution in [0, 0.1) is 0 Å². The van der Waals surface area contributed by atoms with Gasteiger partial charge in [-0.05, 0) is 24.1 Å².